The van der Waals surface area contributed by atoms with Crippen LogP contribution >= 0.6 is 0 Å². The molecule has 9 heavy (non-hydrogen) atoms. The molecule has 0 aromatic rings. The first kappa shape index (κ1) is 5.65. The quantitative estimate of drug-likeness (QED) is 0.446. The minimum Gasteiger partial charge on any atom is -0.389 e. The van der Waals surface area contributed by atoms with E-state index in [4.69, 9.17) is 4.74 Å². The van der Waals surface area contributed by atoms with Gasteiger partial charge >= 0.3 is 0 Å². The summed E-state index contributed by atoms with van der Waals surface area (Å²) in [6.45, 7) is 1.51. The van der Waals surface area contributed by atoms with Crippen molar-refractivity contribution in [2.45, 2.75) is 24.7 Å². The lowest BCUT2D eigenvalue weighted by Gasteiger charge is -2.09. The van der Waals surface area contributed by atoms with Crippen LogP contribution < -0.4 is 5.32 Å². The minimum atomic E-state index is -0.266. The van der Waals surface area contributed by atoms with E-state index in [9.17, 15) is 5.11 Å². The zero-order chi connectivity index (χ0) is 6.27. The summed E-state index contributed by atoms with van der Waals surface area (Å²) in [5.74, 6) is 0. The lowest BCUT2D eigenvalue weighted by atomic mass is 10.1. The van der Waals surface area contributed by atoms with E-state index in [1.807, 2.05) is 0 Å². The van der Waals surface area contributed by atoms with E-state index in [0.29, 0.717) is 12.7 Å². The Morgan fingerprint density at radius 2 is 2.44 bits per heavy atom. The maximum Gasteiger partial charge on any atom is 0.0951 e. The maximum atomic E-state index is 9.21. The molecule has 0 aromatic heterocycles. The predicted molar refractivity (Wildman–Crippen MR) is 32.2 cm³/mol. The van der Waals surface area contributed by atoms with Gasteiger partial charge in [-0.1, -0.05) is 0 Å². The third-order valence-corrected chi connectivity index (χ3v) is 2.11. The standard InChI is InChI=1S/C6H11NO2/c8-4-3-9-5-1-2-7-6(4)5/h4-8H,1-3H2/t4-,5-,6?/m0/s1. The van der Waals surface area contributed by atoms with Gasteiger partial charge in [0, 0.05) is 0 Å². The second kappa shape index (κ2) is 1.94. The topological polar surface area (TPSA) is 41.5 Å². The van der Waals surface area contributed by atoms with Crippen LogP contribution in [0.5, 0.6) is 0 Å². The number of rotatable bonds is 0. The summed E-state index contributed by atoms with van der Waals surface area (Å²) in [4.78, 5) is 0. The second-order valence-electron chi connectivity index (χ2n) is 2.71. The molecule has 2 heterocycles. The van der Waals surface area contributed by atoms with Crippen LogP contribution in [0.3, 0.4) is 0 Å². The average Bonchev–Trinajstić information content (AvgIpc) is 2.35. The fraction of sp³-hybridized carbons (Fsp3) is 1.00. The molecule has 0 saturated carbocycles. The number of ether oxygens (including phenoxy) is 1. The van der Waals surface area contributed by atoms with Crippen molar-refractivity contribution in [1.29, 1.82) is 0 Å². The highest BCUT2D eigenvalue weighted by Crippen LogP contribution is 2.21. The molecule has 2 aliphatic heterocycles. The average molecular weight is 129 g/mol. The molecule has 2 rings (SSSR count). The van der Waals surface area contributed by atoms with Gasteiger partial charge in [-0.05, 0) is 13.0 Å². The van der Waals surface area contributed by atoms with Gasteiger partial charge in [-0.2, -0.15) is 0 Å². The molecule has 0 bridgehead atoms. The molecule has 3 heteroatoms. The largest absolute Gasteiger partial charge is 0.389 e. The number of hydrogen-bond acceptors (Lipinski definition) is 3. The Kier molecular flexibility index (Phi) is 1.22. The number of nitrogens with one attached hydrogen (secondary N) is 1. The highest BCUT2D eigenvalue weighted by molar-refractivity contribution is 4.94. The van der Waals surface area contributed by atoms with Gasteiger partial charge in [0.25, 0.3) is 0 Å². The zero-order valence-corrected chi connectivity index (χ0v) is 5.21. The van der Waals surface area contributed by atoms with Gasteiger partial charge < -0.3 is 15.2 Å². The molecule has 2 N–H and O–H groups in total. The van der Waals surface area contributed by atoms with Crippen LogP contribution in [-0.2, 0) is 4.74 Å². The van der Waals surface area contributed by atoms with E-state index in [1.165, 1.54) is 0 Å². The molecule has 0 aromatic carbocycles. The summed E-state index contributed by atoms with van der Waals surface area (Å²) >= 11 is 0. The lowest BCUT2D eigenvalue weighted by molar-refractivity contribution is 0.0875. The molecule has 1 unspecified atom stereocenters. The first-order chi connectivity index (χ1) is 4.38. The molecular weight excluding hydrogens is 118 g/mol. The fourth-order valence-corrected chi connectivity index (χ4v) is 1.60. The fourth-order valence-electron chi connectivity index (χ4n) is 1.60. The first-order valence-electron chi connectivity index (χ1n) is 3.41. The van der Waals surface area contributed by atoms with E-state index in [-0.39, 0.29) is 12.1 Å². The minimum absolute atomic E-state index is 0.227. The molecule has 0 radical (unpaired) electrons. The molecule has 2 fully saturated rings. The maximum absolute atomic E-state index is 9.21. The van der Waals surface area contributed by atoms with Crippen LogP contribution in [0.4, 0.5) is 0 Å². The molecule has 2 saturated heterocycles. The molecule has 52 valence electrons. The van der Waals surface area contributed by atoms with Gasteiger partial charge in [0.05, 0.1) is 24.9 Å². The van der Waals surface area contributed by atoms with Crippen molar-refractivity contribution < 1.29 is 9.84 Å². The van der Waals surface area contributed by atoms with Crippen LogP contribution in [-0.4, -0.2) is 36.5 Å². The molecule has 2 aliphatic rings. The van der Waals surface area contributed by atoms with Gasteiger partial charge in [-0.25, -0.2) is 0 Å². The van der Waals surface area contributed by atoms with E-state index in [0.717, 1.165) is 13.0 Å². The van der Waals surface area contributed by atoms with Gasteiger partial charge in [0.2, 0.25) is 0 Å². The summed E-state index contributed by atoms with van der Waals surface area (Å²) in [6.07, 6.45) is 1.08. The highest BCUT2D eigenvalue weighted by Gasteiger charge is 2.38. The van der Waals surface area contributed by atoms with Crippen molar-refractivity contribution in [2.24, 2.45) is 0 Å². The van der Waals surface area contributed by atoms with E-state index in [2.05, 4.69) is 5.32 Å². The molecule has 0 amide bonds. The molecule has 0 spiro atoms. The second-order valence-corrected chi connectivity index (χ2v) is 2.71. The number of aliphatic hydroxyl groups excluding tert-OH is 1. The molecule has 0 aliphatic carbocycles. The van der Waals surface area contributed by atoms with Crippen molar-refractivity contribution in [1.82, 2.24) is 5.32 Å². The normalized spacial score (nSPS) is 49.7. The van der Waals surface area contributed by atoms with Crippen LogP contribution in [0.25, 0.3) is 0 Å². The van der Waals surface area contributed by atoms with Crippen molar-refractivity contribution in [3.8, 4) is 0 Å². The van der Waals surface area contributed by atoms with E-state index >= 15 is 0 Å². The van der Waals surface area contributed by atoms with Crippen LogP contribution in [0.1, 0.15) is 6.42 Å². The summed E-state index contributed by atoms with van der Waals surface area (Å²) in [5.41, 5.74) is 0. The van der Waals surface area contributed by atoms with E-state index in [1.54, 1.807) is 0 Å². The van der Waals surface area contributed by atoms with Crippen molar-refractivity contribution in [3.63, 3.8) is 0 Å². The van der Waals surface area contributed by atoms with Crippen molar-refractivity contribution in [2.75, 3.05) is 13.2 Å². The Morgan fingerprint density at radius 3 is 3.22 bits per heavy atom. The molecular formula is C6H11NO2. The summed E-state index contributed by atoms with van der Waals surface area (Å²) in [7, 11) is 0. The number of aliphatic hydroxyl groups is 1. The van der Waals surface area contributed by atoms with Gasteiger partial charge in [-0.3, -0.25) is 0 Å². The highest BCUT2D eigenvalue weighted by atomic mass is 16.5. The summed E-state index contributed by atoms with van der Waals surface area (Å²) in [5, 5.41) is 12.4. The van der Waals surface area contributed by atoms with Crippen LogP contribution in [0, 0.1) is 0 Å². The third kappa shape index (κ3) is 0.764. The van der Waals surface area contributed by atoms with Crippen LogP contribution in [0.15, 0.2) is 0 Å². The Labute approximate surface area is 54.0 Å². The summed E-state index contributed by atoms with van der Waals surface area (Å²) in [6, 6.07) is 0.227. The Morgan fingerprint density at radius 1 is 1.56 bits per heavy atom. The Bertz CT molecular complexity index is 118. The van der Waals surface area contributed by atoms with Crippen molar-refractivity contribution in [3.05, 3.63) is 0 Å². The Balaban J connectivity index is 2.07. The SMILES string of the molecule is O[C@H]1CO[C@H]2CCNC21. The zero-order valence-electron chi connectivity index (χ0n) is 5.21. The monoisotopic (exact) mass is 129 g/mol. The molecule has 3 nitrogen and oxygen atoms in total. The smallest absolute Gasteiger partial charge is 0.0951 e. The predicted octanol–water partition coefficient (Wildman–Crippen LogP) is -0.892. The van der Waals surface area contributed by atoms with Gasteiger partial charge in [0.15, 0.2) is 0 Å². The number of hydrogen-bond donors (Lipinski definition) is 2. The first-order valence-corrected chi connectivity index (χ1v) is 3.41. The van der Waals surface area contributed by atoms with Gasteiger partial charge in [-0.15, -0.1) is 0 Å². The number of fused-ring (bicyclic) bond motifs is 1. The van der Waals surface area contributed by atoms with Gasteiger partial charge in [0.1, 0.15) is 0 Å². The van der Waals surface area contributed by atoms with Crippen LogP contribution in [0.2, 0.25) is 0 Å². The Hall–Kier alpha value is -0.120. The third-order valence-electron chi connectivity index (χ3n) is 2.11. The van der Waals surface area contributed by atoms with Crippen molar-refractivity contribution >= 4 is 0 Å². The summed E-state index contributed by atoms with van der Waals surface area (Å²) < 4.78 is 5.28. The molecule has 3 atom stereocenters. The van der Waals surface area contributed by atoms with E-state index < -0.39 is 0 Å². The lowest BCUT2D eigenvalue weighted by Crippen LogP contribution is -2.36.